The third kappa shape index (κ3) is 3.44. The number of nitriles is 1. The van der Waals surface area contributed by atoms with Crippen molar-refractivity contribution in [1.82, 2.24) is 0 Å². The molecule has 1 N–H and O–H groups in total. The zero-order chi connectivity index (χ0) is 15.6. The third-order valence-corrected chi connectivity index (χ3v) is 6.10. The normalized spacial score (nSPS) is 27.4. The molecule has 0 heterocycles. The number of aliphatic hydroxyl groups excluding tert-OH is 1. The van der Waals surface area contributed by atoms with Crippen LogP contribution in [0.2, 0.25) is 5.02 Å². The molecule has 0 aromatic heterocycles. The minimum absolute atomic E-state index is 0.565. The van der Waals surface area contributed by atoms with Gasteiger partial charge in [-0.15, -0.1) is 0 Å². The second-order valence-electron chi connectivity index (χ2n) is 6.43. The van der Waals surface area contributed by atoms with E-state index >= 15 is 0 Å². The van der Waals surface area contributed by atoms with E-state index in [2.05, 4.69) is 35.8 Å². The highest BCUT2D eigenvalue weighted by Crippen LogP contribution is 2.48. The first-order valence-corrected chi connectivity index (χ1v) is 8.61. The van der Waals surface area contributed by atoms with Crippen molar-refractivity contribution in [2.24, 2.45) is 17.3 Å². The van der Waals surface area contributed by atoms with Gasteiger partial charge in [-0.05, 0) is 71.1 Å². The summed E-state index contributed by atoms with van der Waals surface area (Å²) in [6, 6.07) is 7.82. The number of rotatable bonds is 3. The molecule has 1 aliphatic rings. The van der Waals surface area contributed by atoms with Gasteiger partial charge >= 0.3 is 0 Å². The topological polar surface area (TPSA) is 44.0 Å². The van der Waals surface area contributed by atoms with Crippen LogP contribution in [0.1, 0.15) is 51.2 Å². The van der Waals surface area contributed by atoms with E-state index in [0.717, 1.165) is 35.7 Å². The fourth-order valence-electron chi connectivity index (χ4n) is 3.27. The fraction of sp³-hybridized carbons (Fsp3) is 0.588. The quantitative estimate of drug-likeness (QED) is 0.764. The zero-order valence-corrected chi connectivity index (χ0v) is 14.8. The second-order valence-corrected chi connectivity index (χ2v) is 7.69. The number of hydrogen-bond acceptors (Lipinski definition) is 2. The maximum Gasteiger partial charge on any atom is 0.0976 e. The second kappa shape index (κ2) is 6.69. The van der Waals surface area contributed by atoms with Gasteiger partial charge in [0.2, 0.25) is 0 Å². The summed E-state index contributed by atoms with van der Waals surface area (Å²) >= 11 is 9.46. The lowest BCUT2D eigenvalue weighted by atomic mass is 9.65. The van der Waals surface area contributed by atoms with Crippen molar-refractivity contribution >= 4 is 27.5 Å². The van der Waals surface area contributed by atoms with E-state index in [0.29, 0.717) is 16.9 Å². The molecule has 1 saturated carbocycles. The van der Waals surface area contributed by atoms with E-state index < -0.39 is 11.5 Å². The van der Waals surface area contributed by atoms with Gasteiger partial charge < -0.3 is 5.11 Å². The summed E-state index contributed by atoms with van der Waals surface area (Å²) in [5.41, 5.74) is 0.0514. The molecule has 0 radical (unpaired) electrons. The van der Waals surface area contributed by atoms with Crippen LogP contribution in [-0.4, -0.2) is 5.11 Å². The van der Waals surface area contributed by atoms with Crippen molar-refractivity contribution in [1.29, 1.82) is 5.26 Å². The van der Waals surface area contributed by atoms with Crippen LogP contribution in [0.4, 0.5) is 0 Å². The molecular weight excluding hydrogens is 350 g/mol. The van der Waals surface area contributed by atoms with Crippen molar-refractivity contribution in [2.75, 3.05) is 0 Å². The van der Waals surface area contributed by atoms with E-state index in [1.54, 1.807) is 6.07 Å². The lowest BCUT2D eigenvalue weighted by Gasteiger charge is -2.39. The van der Waals surface area contributed by atoms with Crippen molar-refractivity contribution in [3.8, 4) is 6.07 Å². The molecule has 2 nitrogen and oxygen atoms in total. The molecule has 1 aliphatic carbocycles. The Morgan fingerprint density at radius 1 is 1.38 bits per heavy atom. The predicted octanol–water partition coefficient (Wildman–Crippen LogP) is 5.49. The van der Waals surface area contributed by atoms with Gasteiger partial charge in [0.1, 0.15) is 0 Å². The summed E-state index contributed by atoms with van der Waals surface area (Å²) in [7, 11) is 0. The monoisotopic (exact) mass is 369 g/mol. The number of halogens is 2. The van der Waals surface area contributed by atoms with Crippen molar-refractivity contribution in [3.63, 3.8) is 0 Å². The average Bonchev–Trinajstić information content (AvgIpc) is 2.49. The van der Waals surface area contributed by atoms with Crippen LogP contribution in [-0.2, 0) is 0 Å². The highest BCUT2D eigenvalue weighted by molar-refractivity contribution is 9.10. The van der Waals surface area contributed by atoms with E-state index in [4.69, 9.17) is 11.6 Å². The highest BCUT2D eigenvalue weighted by Gasteiger charge is 2.42. The van der Waals surface area contributed by atoms with Gasteiger partial charge in [0, 0.05) is 4.47 Å². The molecule has 4 heteroatoms. The van der Waals surface area contributed by atoms with Gasteiger partial charge in [-0.3, -0.25) is 0 Å². The van der Waals surface area contributed by atoms with Gasteiger partial charge in [0.15, 0.2) is 0 Å². The summed E-state index contributed by atoms with van der Waals surface area (Å²) in [5, 5.41) is 21.0. The summed E-state index contributed by atoms with van der Waals surface area (Å²) in [6.45, 7) is 4.46. The number of benzene rings is 1. The summed E-state index contributed by atoms with van der Waals surface area (Å²) in [4.78, 5) is 0. The number of nitrogens with zero attached hydrogens (tertiary/aromatic N) is 1. The van der Waals surface area contributed by atoms with Crippen LogP contribution in [0.15, 0.2) is 22.7 Å². The molecule has 114 valence electrons. The SMILES string of the molecule is CC(C)C1CCC(C#N)(C(O)c2ccc(Br)c(Cl)c2)CC1. The molecular formula is C17H21BrClNO. The van der Waals surface area contributed by atoms with Crippen LogP contribution >= 0.6 is 27.5 Å². The Morgan fingerprint density at radius 2 is 2.00 bits per heavy atom. The van der Waals surface area contributed by atoms with E-state index in [-0.39, 0.29) is 0 Å². The number of aliphatic hydroxyl groups is 1. The Labute approximate surface area is 140 Å². The predicted molar refractivity (Wildman–Crippen MR) is 89.0 cm³/mol. The van der Waals surface area contributed by atoms with Gasteiger partial charge in [-0.25, -0.2) is 0 Å². The van der Waals surface area contributed by atoms with Gasteiger partial charge in [0.25, 0.3) is 0 Å². The minimum Gasteiger partial charge on any atom is -0.387 e. The van der Waals surface area contributed by atoms with Gasteiger partial charge in [-0.2, -0.15) is 5.26 Å². The molecule has 1 fully saturated rings. The first-order valence-electron chi connectivity index (χ1n) is 7.44. The molecule has 0 bridgehead atoms. The Morgan fingerprint density at radius 3 is 2.48 bits per heavy atom. The molecule has 0 amide bonds. The molecule has 1 aromatic rings. The van der Waals surface area contributed by atoms with Crippen LogP contribution in [0, 0.1) is 28.6 Å². The Hall–Kier alpha value is -0.560. The van der Waals surface area contributed by atoms with Gasteiger partial charge in [0.05, 0.1) is 22.6 Å². The third-order valence-electron chi connectivity index (χ3n) is 4.87. The first-order chi connectivity index (χ1) is 9.89. The molecule has 0 spiro atoms. The lowest BCUT2D eigenvalue weighted by molar-refractivity contribution is 0.0190. The van der Waals surface area contributed by atoms with E-state index in [1.165, 1.54) is 0 Å². The summed E-state index contributed by atoms with van der Waals surface area (Å²) in [6.07, 6.45) is 2.74. The lowest BCUT2D eigenvalue weighted by Crippen LogP contribution is -2.33. The van der Waals surface area contributed by atoms with Crippen LogP contribution in [0.3, 0.4) is 0 Å². The smallest absolute Gasteiger partial charge is 0.0976 e. The largest absolute Gasteiger partial charge is 0.387 e. The van der Waals surface area contributed by atoms with Crippen molar-refractivity contribution in [2.45, 2.75) is 45.6 Å². The van der Waals surface area contributed by atoms with Crippen LogP contribution < -0.4 is 0 Å². The fourth-order valence-corrected chi connectivity index (χ4v) is 3.71. The zero-order valence-electron chi connectivity index (χ0n) is 12.4. The van der Waals surface area contributed by atoms with Gasteiger partial charge in [-0.1, -0.05) is 31.5 Å². The van der Waals surface area contributed by atoms with E-state index in [9.17, 15) is 10.4 Å². The molecule has 0 aliphatic heterocycles. The molecule has 1 atom stereocenters. The first kappa shape index (κ1) is 16.8. The van der Waals surface area contributed by atoms with Crippen LogP contribution in [0.25, 0.3) is 0 Å². The van der Waals surface area contributed by atoms with Crippen LogP contribution in [0.5, 0.6) is 0 Å². The standard InChI is InChI=1S/C17H21BrClNO/c1-11(2)12-5-7-17(10-20,8-6-12)16(21)13-3-4-14(18)15(19)9-13/h3-4,9,11-12,16,21H,5-8H2,1-2H3. The van der Waals surface area contributed by atoms with Crippen molar-refractivity contribution < 1.29 is 5.11 Å². The Balaban J connectivity index is 2.21. The molecule has 1 aromatic carbocycles. The maximum absolute atomic E-state index is 10.7. The molecule has 2 rings (SSSR count). The summed E-state index contributed by atoms with van der Waals surface area (Å²) < 4.78 is 0.801. The number of hydrogen-bond donors (Lipinski definition) is 1. The maximum atomic E-state index is 10.7. The molecule has 0 saturated heterocycles. The Kier molecular flexibility index (Phi) is 5.35. The minimum atomic E-state index is -0.777. The van der Waals surface area contributed by atoms with Crippen molar-refractivity contribution in [3.05, 3.63) is 33.3 Å². The molecule has 1 unspecified atom stereocenters. The Bertz CT molecular complexity index is 544. The van der Waals surface area contributed by atoms with E-state index in [1.807, 2.05) is 12.1 Å². The summed E-state index contributed by atoms with van der Waals surface area (Å²) in [5.74, 6) is 1.30. The highest BCUT2D eigenvalue weighted by atomic mass is 79.9. The molecule has 21 heavy (non-hydrogen) atoms. The average molecular weight is 371 g/mol.